The molecule has 0 bridgehead atoms. The van der Waals surface area contributed by atoms with Crippen LogP contribution in [0.5, 0.6) is 0 Å². The Hall–Kier alpha value is -0.860. The van der Waals surface area contributed by atoms with Crippen LogP contribution in [0, 0.1) is 11.8 Å². The van der Waals surface area contributed by atoms with Crippen molar-refractivity contribution >= 4 is 12.2 Å². The van der Waals surface area contributed by atoms with Gasteiger partial charge in [0.05, 0.1) is 0 Å². The predicted molar refractivity (Wildman–Crippen MR) is 40.7 cm³/mol. The smallest absolute Gasteiger partial charge is 0.221 e. The molecule has 1 aliphatic rings. The minimum Gasteiger partial charge on any atom is -0.369 e. The van der Waals surface area contributed by atoms with Crippen LogP contribution in [0.4, 0.5) is 0 Å². The van der Waals surface area contributed by atoms with Crippen LogP contribution >= 0.6 is 0 Å². The zero-order chi connectivity index (χ0) is 8.27. The Balaban J connectivity index is 2.58. The van der Waals surface area contributed by atoms with Crippen LogP contribution < -0.4 is 5.73 Å². The van der Waals surface area contributed by atoms with Gasteiger partial charge in [-0.2, -0.15) is 0 Å². The summed E-state index contributed by atoms with van der Waals surface area (Å²) in [7, 11) is 0. The molecule has 1 fully saturated rings. The summed E-state index contributed by atoms with van der Waals surface area (Å²) in [5, 5.41) is 0. The monoisotopic (exact) mass is 155 g/mol. The standard InChI is InChI=1S/C8H13NO2/c9-8(11)7-4-2-1-3-6(7)5-10/h5-7H,1-4H2,(H2,9,11)/t6-,7-/m1/s1. The third-order valence-corrected chi connectivity index (χ3v) is 2.36. The van der Waals surface area contributed by atoms with Gasteiger partial charge in [-0.3, -0.25) is 4.79 Å². The number of primary amides is 1. The fraction of sp³-hybridized carbons (Fsp3) is 0.750. The lowest BCUT2D eigenvalue weighted by atomic mass is 9.80. The summed E-state index contributed by atoms with van der Waals surface area (Å²) in [6.45, 7) is 0. The topological polar surface area (TPSA) is 60.2 Å². The Labute approximate surface area is 66.0 Å². The second-order valence-electron chi connectivity index (χ2n) is 3.09. The van der Waals surface area contributed by atoms with E-state index >= 15 is 0 Å². The lowest BCUT2D eigenvalue weighted by Crippen LogP contribution is -2.33. The van der Waals surface area contributed by atoms with E-state index in [1.807, 2.05) is 0 Å². The number of aldehydes is 1. The minimum atomic E-state index is -0.318. The van der Waals surface area contributed by atoms with Gasteiger partial charge in [-0.15, -0.1) is 0 Å². The summed E-state index contributed by atoms with van der Waals surface area (Å²) in [6.07, 6.45) is 4.57. The first-order chi connectivity index (χ1) is 5.25. The SMILES string of the molecule is NC(=O)[C@@H]1CCCC[C@@H]1C=O. The largest absolute Gasteiger partial charge is 0.369 e. The molecule has 0 aromatic heterocycles. The summed E-state index contributed by atoms with van der Waals surface area (Å²) < 4.78 is 0. The molecule has 11 heavy (non-hydrogen) atoms. The van der Waals surface area contributed by atoms with Crippen LogP contribution in [0.15, 0.2) is 0 Å². The van der Waals surface area contributed by atoms with E-state index in [9.17, 15) is 9.59 Å². The van der Waals surface area contributed by atoms with Crippen molar-refractivity contribution in [3.8, 4) is 0 Å². The van der Waals surface area contributed by atoms with Gasteiger partial charge in [0.2, 0.25) is 5.91 Å². The van der Waals surface area contributed by atoms with Gasteiger partial charge in [0.25, 0.3) is 0 Å². The Bertz CT molecular complexity index is 167. The second kappa shape index (κ2) is 3.51. The van der Waals surface area contributed by atoms with Gasteiger partial charge in [-0.25, -0.2) is 0 Å². The molecule has 62 valence electrons. The zero-order valence-corrected chi connectivity index (χ0v) is 6.45. The molecule has 1 rings (SSSR count). The number of hydrogen-bond acceptors (Lipinski definition) is 2. The normalized spacial score (nSPS) is 31.3. The number of carbonyl (C=O) groups is 2. The van der Waals surface area contributed by atoms with Gasteiger partial charge >= 0.3 is 0 Å². The van der Waals surface area contributed by atoms with Crippen molar-refractivity contribution in [3.63, 3.8) is 0 Å². The number of carbonyl (C=O) groups excluding carboxylic acids is 2. The molecule has 0 heterocycles. The fourth-order valence-corrected chi connectivity index (χ4v) is 1.68. The zero-order valence-electron chi connectivity index (χ0n) is 6.45. The Morgan fingerprint density at radius 3 is 2.45 bits per heavy atom. The first kappa shape index (κ1) is 8.24. The molecule has 0 spiro atoms. The number of amides is 1. The molecule has 1 aliphatic carbocycles. The first-order valence-corrected chi connectivity index (χ1v) is 4.00. The van der Waals surface area contributed by atoms with Gasteiger partial charge < -0.3 is 10.5 Å². The quantitative estimate of drug-likeness (QED) is 0.589. The van der Waals surface area contributed by atoms with Crippen molar-refractivity contribution < 1.29 is 9.59 Å². The molecule has 0 aromatic carbocycles. The van der Waals surface area contributed by atoms with Crippen LogP contribution in [0.25, 0.3) is 0 Å². The van der Waals surface area contributed by atoms with E-state index in [0.29, 0.717) is 0 Å². The number of nitrogens with two attached hydrogens (primary N) is 1. The van der Waals surface area contributed by atoms with Crippen molar-refractivity contribution in [2.24, 2.45) is 17.6 Å². The lowest BCUT2D eigenvalue weighted by molar-refractivity contribution is -0.128. The molecule has 1 amide bonds. The molecule has 0 unspecified atom stereocenters. The highest BCUT2D eigenvalue weighted by Gasteiger charge is 2.28. The molecule has 0 aromatic rings. The number of hydrogen-bond donors (Lipinski definition) is 1. The average molecular weight is 155 g/mol. The summed E-state index contributed by atoms with van der Waals surface area (Å²) in [5.74, 6) is -0.621. The predicted octanol–water partition coefficient (Wildman–Crippen LogP) is 0.477. The molecule has 0 aliphatic heterocycles. The molecule has 0 radical (unpaired) electrons. The third-order valence-electron chi connectivity index (χ3n) is 2.36. The van der Waals surface area contributed by atoms with Crippen LogP contribution in [0.2, 0.25) is 0 Å². The van der Waals surface area contributed by atoms with Crippen LogP contribution in [0.1, 0.15) is 25.7 Å². The Kier molecular flexibility index (Phi) is 2.63. The van der Waals surface area contributed by atoms with Crippen LogP contribution in [0.3, 0.4) is 0 Å². The van der Waals surface area contributed by atoms with Gasteiger partial charge in [-0.05, 0) is 12.8 Å². The first-order valence-electron chi connectivity index (χ1n) is 4.00. The summed E-state index contributed by atoms with van der Waals surface area (Å²) in [4.78, 5) is 21.3. The van der Waals surface area contributed by atoms with E-state index in [1.165, 1.54) is 0 Å². The lowest BCUT2D eigenvalue weighted by Gasteiger charge is -2.24. The Morgan fingerprint density at radius 1 is 1.36 bits per heavy atom. The molecular formula is C8H13NO2. The van der Waals surface area contributed by atoms with E-state index in [1.54, 1.807) is 0 Å². The van der Waals surface area contributed by atoms with Crippen LogP contribution in [-0.4, -0.2) is 12.2 Å². The average Bonchev–Trinajstić information content (AvgIpc) is 2.04. The van der Waals surface area contributed by atoms with E-state index in [-0.39, 0.29) is 17.7 Å². The molecule has 2 N–H and O–H groups in total. The second-order valence-corrected chi connectivity index (χ2v) is 3.09. The highest BCUT2D eigenvalue weighted by molar-refractivity contribution is 5.80. The molecule has 3 nitrogen and oxygen atoms in total. The summed E-state index contributed by atoms with van der Waals surface area (Å²) in [5.41, 5.74) is 5.14. The van der Waals surface area contributed by atoms with E-state index in [0.717, 1.165) is 32.0 Å². The Morgan fingerprint density at radius 2 is 2.00 bits per heavy atom. The van der Waals surface area contributed by atoms with Crippen molar-refractivity contribution in [3.05, 3.63) is 0 Å². The highest BCUT2D eigenvalue weighted by atomic mass is 16.1. The summed E-state index contributed by atoms with van der Waals surface area (Å²) in [6, 6.07) is 0. The van der Waals surface area contributed by atoms with Gasteiger partial charge in [0.15, 0.2) is 0 Å². The highest BCUT2D eigenvalue weighted by Crippen LogP contribution is 2.27. The third kappa shape index (κ3) is 1.79. The van der Waals surface area contributed by atoms with Crippen molar-refractivity contribution in [1.82, 2.24) is 0 Å². The maximum atomic E-state index is 10.8. The van der Waals surface area contributed by atoms with Crippen LogP contribution in [-0.2, 0) is 9.59 Å². The van der Waals surface area contributed by atoms with E-state index < -0.39 is 0 Å². The van der Waals surface area contributed by atoms with Crippen molar-refractivity contribution in [2.45, 2.75) is 25.7 Å². The van der Waals surface area contributed by atoms with Crippen molar-refractivity contribution in [1.29, 1.82) is 0 Å². The molecule has 1 saturated carbocycles. The molecular weight excluding hydrogens is 142 g/mol. The molecule has 0 saturated heterocycles. The van der Waals surface area contributed by atoms with E-state index in [2.05, 4.69) is 0 Å². The molecule has 2 atom stereocenters. The number of rotatable bonds is 2. The minimum absolute atomic E-state index is 0.110. The maximum Gasteiger partial charge on any atom is 0.221 e. The fourth-order valence-electron chi connectivity index (χ4n) is 1.68. The maximum absolute atomic E-state index is 10.8. The molecule has 3 heteroatoms. The van der Waals surface area contributed by atoms with E-state index in [4.69, 9.17) is 5.73 Å². The van der Waals surface area contributed by atoms with Gasteiger partial charge in [-0.1, -0.05) is 12.8 Å². The van der Waals surface area contributed by atoms with Crippen molar-refractivity contribution in [2.75, 3.05) is 0 Å². The summed E-state index contributed by atoms with van der Waals surface area (Å²) >= 11 is 0. The van der Waals surface area contributed by atoms with Gasteiger partial charge in [0, 0.05) is 11.8 Å². The van der Waals surface area contributed by atoms with Gasteiger partial charge in [0.1, 0.15) is 6.29 Å².